The minimum atomic E-state index is -0.718. The van der Waals surface area contributed by atoms with E-state index in [1.165, 1.54) is 12.8 Å². The van der Waals surface area contributed by atoms with Gasteiger partial charge in [-0.1, -0.05) is 20.8 Å². The average molecular weight is 429 g/mol. The van der Waals surface area contributed by atoms with Crippen molar-refractivity contribution in [1.82, 2.24) is 4.98 Å². The first-order chi connectivity index (χ1) is 14.3. The summed E-state index contributed by atoms with van der Waals surface area (Å²) in [7, 11) is 0. The lowest BCUT2D eigenvalue weighted by atomic mass is 9.72. The van der Waals surface area contributed by atoms with Crippen molar-refractivity contribution in [2.24, 2.45) is 17.3 Å². The first kappa shape index (κ1) is 21.2. The Morgan fingerprint density at radius 2 is 1.83 bits per heavy atom. The molecule has 1 aliphatic carbocycles. The molecule has 0 spiro atoms. The zero-order valence-corrected chi connectivity index (χ0v) is 19.0. The molecule has 0 unspecified atom stereocenters. The van der Waals surface area contributed by atoms with Gasteiger partial charge in [0.15, 0.2) is 5.13 Å². The van der Waals surface area contributed by atoms with Gasteiger partial charge >= 0.3 is 5.97 Å². The minimum absolute atomic E-state index is 0.241. The van der Waals surface area contributed by atoms with Crippen molar-refractivity contribution >= 4 is 22.4 Å². The van der Waals surface area contributed by atoms with Crippen molar-refractivity contribution in [3.05, 3.63) is 29.6 Å². The van der Waals surface area contributed by atoms with Crippen LogP contribution < -0.4 is 9.64 Å². The van der Waals surface area contributed by atoms with E-state index in [0.717, 1.165) is 54.0 Å². The SMILES string of the molecule is CC(C)(C)[C@H]1CC[C@H](Oc2ccc(-c3csc(N4CC(CC(=O)O)C4)n3)cc2)CC1. The maximum Gasteiger partial charge on any atom is 0.303 e. The molecule has 1 aromatic carbocycles. The smallest absolute Gasteiger partial charge is 0.303 e. The lowest BCUT2D eigenvalue weighted by Crippen LogP contribution is -2.47. The first-order valence-electron chi connectivity index (χ1n) is 11.0. The van der Waals surface area contributed by atoms with Gasteiger partial charge in [0.2, 0.25) is 0 Å². The fourth-order valence-electron chi connectivity index (χ4n) is 4.59. The fraction of sp³-hybridized carbons (Fsp3) is 0.583. The minimum Gasteiger partial charge on any atom is -0.490 e. The van der Waals surface area contributed by atoms with Crippen molar-refractivity contribution in [2.75, 3.05) is 18.0 Å². The molecule has 2 fully saturated rings. The Labute approximate surface area is 183 Å². The molecule has 0 amide bonds. The molecular formula is C24H32N2O3S. The number of hydrogen-bond donors (Lipinski definition) is 1. The lowest BCUT2D eigenvalue weighted by molar-refractivity contribution is -0.138. The third-order valence-corrected chi connectivity index (χ3v) is 7.44. The Hall–Kier alpha value is -2.08. The largest absolute Gasteiger partial charge is 0.490 e. The molecule has 162 valence electrons. The monoisotopic (exact) mass is 428 g/mol. The van der Waals surface area contributed by atoms with E-state index < -0.39 is 5.97 Å². The maximum absolute atomic E-state index is 10.8. The van der Waals surface area contributed by atoms with Crippen molar-refractivity contribution in [3.8, 4) is 17.0 Å². The third kappa shape index (κ3) is 4.97. The van der Waals surface area contributed by atoms with Crippen molar-refractivity contribution in [2.45, 2.75) is 59.0 Å². The van der Waals surface area contributed by atoms with Gasteiger partial charge in [0.25, 0.3) is 0 Å². The van der Waals surface area contributed by atoms with Gasteiger partial charge in [-0.05, 0) is 61.3 Å². The number of aromatic nitrogens is 1. The van der Waals surface area contributed by atoms with Crippen molar-refractivity contribution in [3.63, 3.8) is 0 Å². The van der Waals surface area contributed by atoms with Crippen molar-refractivity contribution in [1.29, 1.82) is 0 Å². The van der Waals surface area contributed by atoms with Crippen LogP contribution in [0.25, 0.3) is 11.3 Å². The van der Waals surface area contributed by atoms with E-state index in [9.17, 15) is 4.79 Å². The number of benzene rings is 1. The van der Waals surface area contributed by atoms with Gasteiger partial charge in [-0.25, -0.2) is 4.98 Å². The Balaban J connectivity index is 1.29. The molecule has 0 radical (unpaired) electrons. The molecule has 5 nitrogen and oxygen atoms in total. The van der Waals surface area contributed by atoms with E-state index in [4.69, 9.17) is 14.8 Å². The molecule has 2 heterocycles. The van der Waals surface area contributed by atoms with Crippen LogP contribution in [-0.2, 0) is 4.79 Å². The van der Waals surface area contributed by atoms with Gasteiger partial charge in [0.05, 0.1) is 18.2 Å². The molecule has 0 atom stereocenters. The van der Waals surface area contributed by atoms with E-state index in [1.807, 2.05) is 0 Å². The summed E-state index contributed by atoms with van der Waals surface area (Å²) in [5.41, 5.74) is 2.45. The van der Waals surface area contributed by atoms with Gasteiger partial charge in [0, 0.05) is 30.0 Å². The highest BCUT2D eigenvalue weighted by atomic mass is 32.1. The summed E-state index contributed by atoms with van der Waals surface area (Å²) in [5.74, 6) is 1.26. The summed E-state index contributed by atoms with van der Waals surface area (Å²) in [4.78, 5) is 17.7. The highest BCUT2D eigenvalue weighted by molar-refractivity contribution is 7.14. The Morgan fingerprint density at radius 3 is 2.43 bits per heavy atom. The van der Waals surface area contributed by atoms with Crippen LogP contribution in [0.5, 0.6) is 5.75 Å². The van der Waals surface area contributed by atoms with Crippen LogP contribution in [-0.4, -0.2) is 35.3 Å². The first-order valence-corrected chi connectivity index (χ1v) is 11.9. The molecular weight excluding hydrogens is 396 g/mol. The number of carboxylic acid groups (broad SMARTS) is 1. The molecule has 30 heavy (non-hydrogen) atoms. The molecule has 1 saturated heterocycles. The van der Waals surface area contributed by atoms with Crippen LogP contribution in [0.3, 0.4) is 0 Å². The van der Waals surface area contributed by atoms with Crippen LogP contribution in [0.1, 0.15) is 52.9 Å². The maximum atomic E-state index is 10.8. The summed E-state index contributed by atoms with van der Waals surface area (Å²) in [6.45, 7) is 8.60. The molecule has 1 aliphatic heterocycles. The van der Waals surface area contributed by atoms with E-state index in [1.54, 1.807) is 11.3 Å². The third-order valence-electron chi connectivity index (χ3n) is 6.53. The fourth-order valence-corrected chi connectivity index (χ4v) is 5.44. The predicted octanol–water partition coefficient (Wildman–Crippen LogP) is 5.70. The van der Waals surface area contributed by atoms with Crippen LogP contribution in [0.4, 0.5) is 5.13 Å². The zero-order valence-electron chi connectivity index (χ0n) is 18.1. The standard InChI is InChI=1S/C24H32N2O3S/c1-24(2,3)18-6-10-20(11-7-18)29-19-8-4-17(5-9-19)21-15-30-23(25-21)26-13-16(14-26)12-22(27)28/h4-5,8-9,15-16,18,20H,6-7,10-14H2,1-3H3,(H,27,28)/t18-,20-. The second-order valence-electron chi connectivity index (χ2n) is 9.87. The second kappa shape index (κ2) is 8.58. The normalized spacial score (nSPS) is 22.6. The highest BCUT2D eigenvalue weighted by Gasteiger charge is 2.31. The van der Waals surface area contributed by atoms with E-state index >= 15 is 0 Å². The molecule has 1 N–H and O–H groups in total. The molecule has 2 aromatic rings. The predicted molar refractivity (Wildman–Crippen MR) is 121 cm³/mol. The number of aliphatic carboxylic acids is 1. The van der Waals surface area contributed by atoms with Crippen LogP contribution in [0, 0.1) is 17.3 Å². The quantitative estimate of drug-likeness (QED) is 0.639. The molecule has 1 saturated carbocycles. The number of thiazole rings is 1. The van der Waals surface area contributed by atoms with Crippen molar-refractivity contribution < 1.29 is 14.6 Å². The van der Waals surface area contributed by atoms with Gasteiger partial charge in [-0.15, -0.1) is 11.3 Å². The van der Waals surface area contributed by atoms with Gasteiger partial charge in [0.1, 0.15) is 5.75 Å². The average Bonchev–Trinajstić information content (AvgIpc) is 3.14. The van der Waals surface area contributed by atoms with E-state index in [0.29, 0.717) is 11.5 Å². The summed E-state index contributed by atoms with van der Waals surface area (Å²) >= 11 is 1.62. The topological polar surface area (TPSA) is 62.7 Å². The number of ether oxygens (including phenoxy) is 1. The lowest BCUT2D eigenvalue weighted by Gasteiger charge is -2.38. The Bertz CT molecular complexity index is 857. The molecule has 0 bridgehead atoms. The number of rotatable bonds is 6. The summed E-state index contributed by atoms with van der Waals surface area (Å²) in [6.07, 6.45) is 5.34. The van der Waals surface area contributed by atoms with Gasteiger partial charge in [-0.2, -0.15) is 0 Å². The number of carbonyl (C=O) groups is 1. The second-order valence-corrected chi connectivity index (χ2v) is 10.7. The van der Waals surface area contributed by atoms with E-state index in [2.05, 4.69) is 55.3 Å². The molecule has 2 aliphatic rings. The van der Waals surface area contributed by atoms with Crippen LogP contribution >= 0.6 is 11.3 Å². The molecule has 1 aromatic heterocycles. The molecule has 6 heteroatoms. The Kier molecular flexibility index (Phi) is 6.05. The van der Waals surface area contributed by atoms with Gasteiger partial charge in [-0.3, -0.25) is 4.79 Å². The number of hydrogen-bond acceptors (Lipinski definition) is 5. The number of anilines is 1. The van der Waals surface area contributed by atoms with Gasteiger partial charge < -0.3 is 14.7 Å². The Morgan fingerprint density at radius 1 is 1.17 bits per heavy atom. The zero-order chi connectivity index (χ0) is 21.3. The number of nitrogens with zero attached hydrogens (tertiary/aromatic N) is 2. The summed E-state index contributed by atoms with van der Waals surface area (Å²) < 4.78 is 6.25. The number of carboxylic acids is 1. The van der Waals surface area contributed by atoms with Crippen LogP contribution in [0.2, 0.25) is 0 Å². The summed E-state index contributed by atoms with van der Waals surface area (Å²) in [6, 6.07) is 8.27. The highest BCUT2D eigenvalue weighted by Crippen LogP contribution is 2.39. The van der Waals surface area contributed by atoms with E-state index in [-0.39, 0.29) is 12.3 Å². The molecule has 4 rings (SSSR count). The summed E-state index contributed by atoms with van der Waals surface area (Å²) in [5, 5.41) is 11.9. The van der Waals surface area contributed by atoms with Crippen LogP contribution in [0.15, 0.2) is 29.6 Å².